The van der Waals surface area contributed by atoms with E-state index >= 15 is 0 Å². The number of morpholine rings is 1. The van der Waals surface area contributed by atoms with Crippen LogP contribution in [-0.4, -0.2) is 58.1 Å². The van der Waals surface area contributed by atoms with Crippen LogP contribution in [0.25, 0.3) is 5.69 Å². The molecule has 2 atom stereocenters. The van der Waals surface area contributed by atoms with Crippen molar-refractivity contribution in [3.8, 4) is 11.8 Å². The van der Waals surface area contributed by atoms with Gasteiger partial charge in [0.2, 0.25) is 6.10 Å². The van der Waals surface area contributed by atoms with Crippen molar-refractivity contribution in [2.75, 3.05) is 18.1 Å². The predicted molar refractivity (Wildman–Crippen MR) is 93.6 cm³/mol. The second-order valence-electron chi connectivity index (χ2n) is 5.93. The summed E-state index contributed by atoms with van der Waals surface area (Å²) in [5.41, 5.74) is 1.19. The second kappa shape index (κ2) is 7.89. The number of hydrogen-bond acceptors (Lipinski definition) is 7. The summed E-state index contributed by atoms with van der Waals surface area (Å²) in [4.78, 5) is 36.6. The van der Waals surface area contributed by atoms with Gasteiger partial charge in [0.05, 0.1) is 30.5 Å². The molecular weight excluding hydrogens is 368 g/mol. The molecular formula is C18H16N4O6. The molecule has 1 saturated heterocycles. The normalized spacial score (nSPS) is 17.6. The number of carboxylic acids is 1. The van der Waals surface area contributed by atoms with Crippen LogP contribution in [0.1, 0.15) is 12.5 Å². The number of amides is 1. The fraction of sp³-hybridized carbons (Fsp3) is 0.278. The lowest BCUT2D eigenvalue weighted by atomic mass is 10.1. The summed E-state index contributed by atoms with van der Waals surface area (Å²) in [7, 11) is 0. The van der Waals surface area contributed by atoms with Crippen LogP contribution in [0, 0.1) is 11.3 Å². The molecule has 1 aliphatic rings. The topological polar surface area (TPSA) is 135 Å². The lowest BCUT2D eigenvalue weighted by Gasteiger charge is -2.33. The Hall–Kier alpha value is -3.71. The van der Waals surface area contributed by atoms with Crippen LogP contribution in [0.4, 0.5) is 5.82 Å². The largest absolute Gasteiger partial charge is 0.478 e. The van der Waals surface area contributed by atoms with Crippen molar-refractivity contribution in [3.05, 3.63) is 42.1 Å². The van der Waals surface area contributed by atoms with Crippen molar-refractivity contribution in [1.82, 2.24) is 9.78 Å². The summed E-state index contributed by atoms with van der Waals surface area (Å²) in [6, 6.07) is 10.3. The summed E-state index contributed by atoms with van der Waals surface area (Å²) in [5.74, 6) is -2.66. The maximum Gasteiger partial charge on any atom is 0.348 e. The highest BCUT2D eigenvalue weighted by Gasteiger charge is 2.43. The molecule has 2 aromatic rings. The number of nitrogens with zero attached hydrogens (tertiary/aromatic N) is 4. The van der Waals surface area contributed by atoms with Gasteiger partial charge in [-0.2, -0.15) is 5.26 Å². The van der Waals surface area contributed by atoms with Crippen LogP contribution >= 0.6 is 0 Å². The number of esters is 1. The zero-order valence-corrected chi connectivity index (χ0v) is 14.8. The average Bonchev–Trinajstić information content (AvgIpc) is 3.16. The highest BCUT2D eigenvalue weighted by Crippen LogP contribution is 2.21. The van der Waals surface area contributed by atoms with Crippen LogP contribution in [0.2, 0.25) is 0 Å². The van der Waals surface area contributed by atoms with Gasteiger partial charge in [-0.25, -0.2) is 9.48 Å². The summed E-state index contributed by atoms with van der Waals surface area (Å²) < 4.78 is 11.5. The number of rotatable bonds is 5. The predicted octanol–water partition coefficient (Wildman–Crippen LogP) is 0.492. The monoisotopic (exact) mass is 384 g/mol. The molecule has 0 saturated carbocycles. The van der Waals surface area contributed by atoms with Gasteiger partial charge in [-0.1, -0.05) is 0 Å². The van der Waals surface area contributed by atoms with Gasteiger partial charge in [0, 0.05) is 19.2 Å². The molecule has 0 spiro atoms. The van der Waals surface area contributed by atoms with E-state index in [0.29, 0.717) is 17.1 Å². The molecule has 1 aromatic carbocycles. The Labute approximate surface area is 159 Å². The number of benzene rings is 1. The van der Waals surface area contributed by atoms with Gasteiger partial charge >= 0.3 is 11.9 Å². The zero-order valence-electron chi connectivity index (χ0n) is 14.8. The molecule has 10 nitrogen and oxygen atoms in total. The summed E-state index contributed by atoms with van der Waals surface area (Å²) in [5, 5.41) is 22.5. The van der Waals surface area contributed by atoms with Crippen LogP contribution in [0.5, 0.6) is 0 Å². The molecule has 1 aromatic heterocycles. The SMILES string of the molecule is CC(=O)OC(C(=O)O)C1OCCN(c2ccn(-c3ccc(C#N)cc3)n2)C1=O. The summed E-state index contributed by atoms with van der Waals surface area (Å²) in [6.07, 6.45) is -1.57. The first-order valence-electron chi connectivity index (χ1n) is 8.30. The molecule has 10 heteroatoms. The second-order valence-corrected chi connectivity index (χ2v) is 5.93. The molecule has 3 rings (SSSR count). The van der Waals surface area contributed by atoms with Crippen molar-refractivity contribution < 1.29 is 29.0 Å². The Morgan fingerprint density at radius 2 is 2.07 bits per heavy atom. The fourth-order valence-corrected chi connectivity index (χ4v) is 2.76. The maximum absolute atomic E-state index is 12.7. The Morgan fingerprint density at radius 3 is 2.68 bits per heavy atom. The first-order chi connectivity index (χ1) is 13.4. The van der Waals surface area contributed by atoms with Crippen molar-refractivity contribution in [2.24, 2.45) is 0 Å². The van der Waals surface area contributed by atoms with Crippen LogP contribution < -0.4 is 4.90 Å². The van der Waals surface area contributed by atoms with Gasteiger partial charge in [-0.05, 0) is 24.3 Å². The standard InChI is InChI=1S/C18H16N4O6/c1-11(23)28-16(18(25)26)15-17(24)21(8-9-27-15)14-6-7-22(20-14)13-4-2-12(10-19)3-5-13/h2-7,15-16H,8-9H2,1H3,(H,25,26). The van der Waals surface area contributed by atoms with E-state index in [9.17, 15) is 19.5 Å². The van der Waals surface area contributed by atoms with Gasteiger partial charge in [0.1, 0.15) is 0 Å². The van der Waals surface area contributed by atoms with Gasteiger partial charge in [0.15, 0.2) is 11.9 Å². The third-order valence-electron chi connectivity index (χ3n) is 4.05. The number of carbonyl (C=O) groups excluding carboxylic acids is 2. The lowest BCUT2D eigenvalue weighted by molar-refractivity contribution is -0.177. The fourth-order valence-electron chi connectivity index (χ4n) is 2.76. The quantitative estimate of drug-likeness (QED) is 0.736. The molecule has 0 radical (unpaired) electrons. The Morgan fingerprint density at radius 1 is 1.36 bits per heavy atom. The Balaban J connectivity index is 1.82. The van der Waals surface area contributed by atoms with Crippen LogP contribution in [0.3, 0.4) is 0 Å². The van der Waals surface area contributed by atoms with E-state index < -0.39 is 30.1 Å². The van der Waals surface area contributed by atoms with E-state index in [-0.39, 0.29) is 13.2 Å². The smallest absolute Gasteiger partial charge is 0.348 e. The Kier molecular flexibility index (Phi) is 5.37. The number of hydrogen-bond donors (Lipinski definition) is 1. The molecule has 0 aliphatic carbocycles. The minimum atomic E-state index is -1.74. The summed E-state index contributed by atoms with van der Waals surface area (Å²) >= 11 is 0. The molecule has 0 bridgehead atoms. The molecule has 1 aliphatic heterocycles. The maximum atomic E-state index is 12.7. The molecule has 2 heterocycles. The minimum Gasteiger partial charge on any atom is -0.478 e. The highest BCUT2D eigenvalue weighted by atomic mass is 16.6. The van der Waals surface area contributed by atoms with Crippen LogP contribution in [-0.2, 0) is 23.9 Å². The zero-order chi connectivity index (χ0) is 20.3. The van der Waals surface area contributed by atoms with E-state index in [0.717, 1.165) is 6.92 Å². The third-order valence-corrected chi connectivity index (χ3v) is 4.05. The van der Waals surface area contributed by atoms with Crippen molar-refractivity contribution in [3.63, 3.8) is 0 Å². The number of carbonyl (C=O) groups is 3. The minimum absolute atomic E-state index is 0.0607. The average molecular weight is 384 g/mol. The molecule has 144 valence electrons. The van der Waals surface area contributed by atoms with E-state index in [1.165, 1.54) is 9.58 Å². The molecule has 1 fully saturated rings. The van der Waals surface area contributed by atoms with E-state index in [1.807, 2.05) is 6.07 Å². The van der Waals surface area contributed by atoms with E-state index in [2.05, 4.69) is 5.10 Å². The number of carboxylic acid groups (broad SMARTS) is 1. The van der Waals surface area contributed by atoms with Crippen molar-refractivity contribution >= 4 is 23.7 Å². The van der Waals surface area contributed by atoms with E-state index in [1.54, 1.807) is 36.5 Å². The first kappa shape index (κ1) is 19.1. The number of anilines is 1. The molecule has 1 N–H and O–H groups in total. The first-order valence-corrected chi connectivity index (χ1v) is 8.30. The summed E-state index contributed by atoms with van der Waals surface area (Å²) in [6.45, 7) is 1.29. The molecule has 2 unspecified atom stereocenters. The van der Waals surface area contributed by atoms with Crippen molar-refractivity contribution in [2.45, 2.75) is 19.1 Å². The van der Waals surface area contributed by atoms with Gasteiger partial charge in [0.25, 0.3) is 5.91 Å². The van der Waals surface area contributed by atoms with Crippen molar-refractivity contribution in [1.29, 1.82) is 5.26 Å². The van der Waals surface area contributed by atoms with Gasteiger partial charge in [-0.15, -0.1) is 5.10 Å². The van der Waals surface area contributed by atoms with Gasteiger partial charge < -0.3 is 14.6 Å². The molecule has 1 amide bonds. The highest BCUT2D eigenvalue weighted by molar-refractivity contribution is 5.99. The number of ether oxygens (including phenoxy) is 2. The number of nitriles is 1. The van der Waals surface area contributed by atoms with E-state index in [4.69, 9.17) is 14.7 Å². The van der Waals surface area contributed by atoms with Crippen LogP contribution in [0.15, 0.2) is 36.5 Å². The number of aromatic nitrogens is 2. The third kappa shape index (κ3) is 3.84. The number of aliphatic carboxylic acids is 1. The molecule has 28 heavy (non-hydrogen) atoms. The lowest BCUT2D eigenvalue weighted by Crippen LogP contribution is -2.55. The Bertz CT molecular complexity index is 946. The van der Waals surface area contributed by atoms with Gasteiger partial charge in [-0.3, -0.25) is 14.5 Å².